The molecule has 2 aliphatic rings. The lowest BCUT2D eigenvalue weighted by atomic mass is 10.2. The van der Waals surface area contributed by atoms with Gasteiger partial charge in [-0.2, -0.15) is 0 Å². The normalized spacial score (nSPS) is 22.2. The number of hydrogen-bond donors (Lipinski definition) is 1. The average Bonchev–Trinajstić information content (AvgIpc) is 3.36. The van der Waals surface area contributed by atoms with Gasteiger partial charge in [0.15, 0.2) is 0 Å². The molecule has 2 atom stereocenters. The largest absolute Gasteiger partial charge is 0.461 e. The second kappa shape index (κ2) is 8.63. The Hall–Kier alpha value is -2.56. The van der Waals surface area contributed by atoms with Gasteiger partial charge >= 0.3 is 0 Å². The number of carbonyl (C=O) groups excluding carboxylic acids is 1. The minimum atomic E-state index is -0.130. The number of amides is 1. The van der Waals surface area contributed by atoms with E-state index in [4.69, 9.17) is 4.42 Å². The number of carbonyl (C=O) groups is 1. The smallest absolute Gasteiger partial charge is 0.244 e. The molecule has 2 aromatic rings. The molecule has 5 nitrogen and oxygen atoms in total. The summed E-state index contributed by atoms with van der Waals surface area (Å²) in [6, 6.07) is 8.05. The lowest BCUT2D eigenvalue weighted by Gasteiger charge is -2.21. The monoisotopic (exact) mass is 379 g/mol. The van der Waals surface area contributed by atoms with E-state index in [1.165, 1.54) is 38.2 Å². The van der Waals surface area contributed by atoms with Gasteiger partial charge in [-0.1, -0.05) is 25.8 Å². The number of pyridine rings is 1. The molecule has 28 heavy (non-hydrogen) atoms. The van der Waals surface area contributed by atoms with E-state index in [9.17, 15) is 4.79 Å². The summed E-state index contributed by atoms with van der Waals surface area (Å²) >= 11 is 0. The third-order valence-corrected chi connectivity index (χ3v) is 5.73. The van der Waals surface area contributed by atoms with Gasteiger partial charge in [-0.25, -0.2) is 4.98 Å². The van der Waals surface area contributed by atoms with E-state index in [1.54, 1.807) is 6.08 Å². The van der Waals surface area contributed by atoms with Crippen molar-refractivity contribution >= 4 is 17.8 Å². The van der Waals surface area contributed by atoms with Crippen molar-refractivity contribution < 1.29 is 9.21 Å². The van der Waals surface area contributed by atoms with Crippen molar-refractivity contribution in [3.8, 4) is 0 Å². The molecule has 0 spiro atoms. The zero-order chi connectivity index (χ0) is 19.3. The molecule has 1 saturated heterocycles. The number of anilines is 1. The predicted molar refractivity (Wildman–Crippen MR) is 111 cm³/mol. The van der Waals surface area contributed by atoms with E-state index in [1.807, 2.05) is 24.4 Å². The molecule has 1 aliphatic carbocycles. The third kappa shape index (κ3) is 4.83. The molecule has 4 rings (SSSR count). The number of rotatable bonds is 6. The van der Waals surface area contributed by atoms with Gasteiger partial charge in [-0.05, 0) is 55.0 Å². The molecule has 0 radical (unpaired) electrons. The van der Waals surface area contributed by atoms with Crippen LogP contribution in [0.15, 0.2) is 41.0 Å². The Bertz CT molecular complexity index is 817. The van der Waals surface area contributed by atoms with Gasteiger partial charge in [-0.3, -0.25) is 4.79 Å². The molecule has 2 unspecified atom stereocenters. The standard InChI is InChI=1S/C23H29N3O2/c1-17-14-20(17)21-9-7-19(28-21)8-11-23(27)25-16-18-6-10-22(24-15-18)26-12-4-2-3-5-13-26/h6-11,15,17,20H,2-5,12-14,16H2,1H3,(H,25,27)/b11-8+. The summed E-state index contributed by atoms with van der Waals surface area (Å²) in [5.41, 5.74) is 1.00. The first-order chi connectivity index (χ1) is 13.7. The van der Waals surface area contributed by atoms with Crippen LogP contribution in [0.1, 0.15) is 62.0 Å². The topological polar surface area (TPSA) is 58.4 Å². The molecule has 1 aliphatic heterocycles. The maximum absolute atomic E-state index is 12.1. The number of nitrogens with one attached hydrogen (secondary N) is 1. The van der Waals surface area contributed by atoms with Crippen LogP contribution in [0.5, 0.6) is 0 Å². The Morgan fingerprint density at radius 2 is 2.00 bits per heavy atom. The number of aromatic nitrogens is 1. The van der Waals surface area contributed by atoms with Crippen LogP contribution in [0.3, 0.4) is 0 Å². The zero-order valence-electron chi connectivity index (χ0n) is 16.6. The number of furan rings is 1. The van der Waals surface area contributed by atoms with Crippen molar-refractivity contribution in [3.05, 3.63) is 53.6 Å². The molecule has 148 valence electrons. The highest BCUT2D eigenvalue weighted by Crippen LogP contribution is 2.47. The van der Waals surface area contributed by atoms with Crippen molar-refractivity contribution in [2.45, 2.75) is 51.5 Å². The van der Waals surface area contributed by atoms with Crippen LogP contribution in [0.25, 0.3) is 6.08 Å². The van der Waals surface area contributed by atoms with Crippen LogP contribution >= 0.6 is 0 Å². The fourth-order valence-electron chi connectivity index (χ4n) is 3.79. The van der Waals surface area contributed by atoms with Crippen LogP contribution in [-0.4, -0.2) is 24.0 Å². The lowest BCUT2D eigenvalue weighted by molar-refractivity contribution is -0.116. The quantitative estimate of drug-likeness (QED) is 0.751. The third-order valence-electron chi connectivity index (χ3n) is 5.73. The first-order valence-corrected chi connectivity index (χ1v) is 10.4. The van der Waals surface area contributed by atoms with E-state index in [0.717, 1.165) is 36.0 Å². The summed E-state index contributed by atoms with van der Waals surface area (Å²) in [7, 11) is 0. The van der Waals surface area contributed by atoms with E-state index in [2.05, 4.69) is 28.2 Å². The van der Waals surface area contributed by atoms with Gasteiger partial charge < -0.3 is 14.6 Å². The molecule has 1 saturated carbocycles. The molecular weight excluding hydrogens is 350 g/mol. The van der Waals surface area contributed by atoms with E-state index in [0.29, 0.717) is 18.4 Å². The van der Waals surface area contributed by atoms with Gasteiger partial charge in [-0.15, -0.1) is 0 Å². The number of hydrogen-bond acceptors (Lipinski definition) is 4. The van der Waals surface area contributed by atoms with Crippen molar-refractivity contribution in [2.75, 3.05) is 18.0 Å². The second-order valence-electron chi connectivity index (χ2n) is 8.04. The molecule has 2 aromatic heterocycles. The molecule has 3 heterocycles. The van der Waals surface area contributed by atoms with Gasteiger partial charge in [0, 0.05) is 37.8 Å². The fourth-order valence-corrected chi connectivity index (χ4v) is 3.79. The van der Waals surface area contributed by atoms with Gasteiger partial charge in [0.2, 0.25) is 5.91 Å². The Kier molecular flexibility index (Phi) is 5.79. The van der Waals surface area contributed by atoms with Crippen LogP contribution in [0, 0.1) is 5.92 Å². The van der Waals surface area contributed by atoms with Crippen molar-refractivity contribution in [3.63, 3.8) is 0 Å². The Balaban J connectivity index is 1.25. The maximum atomic E-state index is 12.1. The SMILES string of the molecule is CC1CC1c1ccc(/C=C/C(=O)NCc2ccc(N3CCCCCC3)nc2)o1. The minimum absolute atomic E-state index is 0.130. The summed E-state index contributed by atoms with van der Waals surface area (Å²) in [6.07, 6.45) is 11.4. The van der Waals surface area contributed by atoms with Crippen LogP contribution in [0.2, 0.25) is 0 Å². The molecule has 0 aromatic carbocycles. The summed E-state index contributed by atoms with van der Waals surface area (Å²) in [6.45, 7) is 4.87. The van der Waals surface area contributed by atoms with Gasteiger partial charge in [0.05, 0.1) is 0 Å². The minimum Gasteiger partial charge on any atom is -0.461 e. The molecule has 2 fully saturated rings. The van der Waals surface area contributed by atoms with E-state index < -0.39 is 0 Å². The second-order valence-corrected chi connectivity index (χ2v) is 8.04. The summed E-state index contributed by atoms with van der Waals surface area (Å²) < 4.78 is 5.79. The molecule has 1 N–H and O–H groups in total. The Labute approximate surface area is 166 Å². The van der Waals surface area contributed by atoms with Crippen molar-refractivity contribution in [1.29, 1.82) is 0 Å². The lowest BCUT2D eigenvalue weighted by Crippen LogP contribution is -2.25. The Morgan fingerprint density at radius 3 is 2.68 bits per heavy atom. The van der Waals surface area contributed by atoms with E-state index >= 15 is 0 Å². The fraction of sp³-hybridized carbons (Fsp3) is 0.478. The first-order valence-electron chi connectivity index (χ1n) is 10.4. The summed E-state index contributed by atoms with van der Waals surface area (Å²) in [5, 5.41) is 2.91. The number of nitrogens with zero attached hydrogens (tertiary/aromatic N) is 2. The maximum Gasteiger partial charge on any atom is 0.244 e. The van der Waals surface area contributed by atoms with Gasteiger partial charge in [0.25, 0.3) is 0 Å². The predicted octanol–water partition coefficient (Wildman–Crippen LogP) is 4.51. The summed E-state index contributed by atoms with van der Waals surface area (Å²) in [4.78, 5) is 19.0. The zero-order valence-corrected chi connectivity index (χ0v) is 16.6. The van der Waals surface area contributed by atoms with Crippen molar-refractivity contribution in [2.24, 2.45) is 5.92 Å². The molecule has 0 bridgehead atoms. The van der Waals surface area contributed by atoms with Crippen molar-refractivity contribution in [1.82, 2.24) is 10.3 Å². The molecular formula is C23H29N3O2. The van der Waals surface area contributed by atoms with Gasteiger partial charge in [0.1, 0.15) is 17.3 Å². The van der Waals surface area contributed by atoms with Crippen LogP contribution < -0.4 is 10.2 Å². The highest BCUT2D eigenvalue weighted by Gasteiger charge is 2.36. The molecule has 5 heteroatoms. The Morgan fingerprint density at radius 1 is 1.21 bits per heavy atom. The van der Waals surface area contributed by atoms with E-state index in [-0.39, 0.29) is 5.91 Å². The highest BCUT2D eigenvalue weighted by atomic mass is 16.3. The highest BCUT2D eigenvalue weighted by molar-refractivity contribution is 5.91. The average molecular weight is 380 g/mol. The summed E-state index contributed by atoms with van der Waals surface area (Å²) in [5.74, 6) is 3.94. The van der Waals surface area contributed by atoms with Crippen LogP contribution in [0.4, 0.5) is 5.82 Å². The van der Waals surface area contributed by atoms with Crippen LogP contribution in [-0.2, 0) is 11.3 Å². The molecule has 1 amide bonds. The first kappa shape index (κ1) is 18.8.